The van der Waals surface area contributed by atoms with Crippen molar-refractivity contribution < 1.29 is 23.9 Å². The Balaban J connectivity index is 1.81. The first kappa shape index (κ1) is 25.4. The molecule has 174 valence electrons. The highest BCUT2D eigenvalue weighted by atomic mass is 16.6. The lowest BCUT2D eigenvalue weighted by Gasteiger charge is -2.29. The molecule has 7 nitrogen and oxygen atoms in total. The van der Waals surface area contributed by atoms with Crippen molar-refractivity contribution in [2.45, 2.75) is 59.0 Å². The Morgan fingerprint density at radius 2 is 1.97 bits per heavy atom. The number of hydrogen-bond acceptors (Lipinski definition) is 5. The van der Waals surface area contributed by atoms with Crippen molar-refractivity contribution in [3.63, 3.8) is 0 Å². The van der Waals surface area contributed by atoms with Crippen LogP contribution in [0.3, 0.4) is 0 Å². The molecule has 0 radical (unpaired) electrons. The molecule has 1 atom stereocenters. The summed E-state index contributed by atoms with van der Waals surface area (Å²) in [5, 5.41) is 2.94. The molecule has 1 aliphatic heterocycles. The molecule has 2 rings (SSSR count). The van der Waals surface area contributed by atoms with Gasteiger partial charge in [0, 0.05) is 31.7 Å². The molecule has 1 saturated heterocycles. The molecule has 32 heavy (non-hydrogen) atoms. The van der Waals surface area contributed by atoms with E-state index >= 15 is 0 Å². The fraction of sp³-hybridized carbons (Fsp3) is 0.560. The van der Waals surface area contributed by atoms with Crippen LogP contribution in [-0.4, -0.2) is 55.1 Å². The molecule has 0 aromatic heterocycles. The van der Waals surface area contributed by atoms with E-state index in [0.717, 1.165) is 17.5 Å². The van der Waals surface area contributed by atoms with Gasteiger partial charge in [-0.3, -0.25) is 9.59 Å². The predicted octanol–water partition coefficient (Wildman–Crippen LogP) is 2.66. The van der Waals surface area contributed by atoms with Crippen LogP contribution in [0.2, 0.25) is 0 Å². The van der Waals surface area contributed by atoms with Crippen LogP contribution in [0, 0.1) is 17.8 Å². The third kappa shape index (κ3) is 8.01. The van der Waals surface area contributed by atoms with Gasteiger partial charge in [0.25, 0.3) is 0 Å². The van der Waals surface area contributed by atoms with Crippen LogP contribution in [0.1, 0.15) is 57.6 Å². The molecule has 1 unspecified atom stereocenters. The van der Waals surface area contributed by atoms with E-state index in [1.807, 2.05) is 38.1 Å². The van der Waals surface area contributed by atoms with Crippen molar-refractivity contribution in [3.8, 4) is 12.3 Å². The maximum Gasteiger partial charge on any atom is 0.332 e. The van der Waals surface area contributed by atoms with Gasteiger partial charge in [-0.2, -0.15) is 0 Å². The Morgan fingerprint density at radius 1 is 1.25 bits per heavy atom. The minimum absolute atomic E-state index is 0.0311. The third-order valence-electron chi connectivity index (χ3n) is 5.54. The van der Waals surface area contributed by atoms with Crippen molar-refractivity contribution >= 4 is 17.8 Å². The molecule has 1 N–H and O–H groups in total. The number of hydrogen-bond donors (Lipinski definition) is 1. The summed E-state index contributed by atoms with van der Waals surface area (Å²) >= 11 is 0. The SMILES string of the molecule is C#Cc1ccc(CNC(=O)C2CCCN2C(=O)CC(C)(C)CCOCC(=O)OCC)cc1. The minimum atomic E-state index is -0.441. The van der Waals surface area contributed by atoms with Crippen molar-refractivity contribution in [2.75, 3.05) is 26.4 Å². The summed E-state index contributed by atoms with van der Waals surface area (Å²) in [7, 11) is 0. The number of terminal acetylenes is 1. The fourth-order valence-corrected chi connectivity index (χ4v) is 3.67. The molecule has 2 amide bonds. The number of ether oxygens (including phenoxy) is 2. The number of carbonyl (C=O) groups excluding carboxylic acids is 3. The number of amides is 2. The van der Waals surface area contributed by atoms with Crippen LogP contribution in [0.5, 0.6) is 0 Å². The average molecular weight is 443 g/mol. The molecule has 0 saturated carbocycles. The minimum Gasteiger partial charge on any atom is -0.464 e. The average Bonchev–Trinajstić information content (AvgIpc) is 3.26. The molecule has 0 bridgehead atoms. The quantitative estimate of drug-likeness (QED) is 0.324. The lowest BCUT2D eigenvalue weighted by Crippen LogP contribution is -2.46. The van der Waals surface area contributed by atoms with E-state index in [1.54, 1.807) is 11.8 Å². The summed E-state index contributed by atoms with van der Waals surface area (Å²) in [6.45, 7) is 7.31. The second-order valence-electron chi connectivity index (χ2n) is 8.75. The third-order valence-corrected chi connectivity index (χ3v) is 5.54. The monoisotopic (exact) mass is 442 g/mol. The molecule has 1 aliphatic rings. The Hall–Kier alpha value is -2.85. The van der Waals surface area contributed by atoms with Gasteiger partial charge >= 0.3 is 5.97 Å². The van der Waals surface area contributed by atoms with Crippen LogP contribution in [0.4, 0.5) is 0 Å². The first-order valence-corrected chi connectivity index (χ1v) is 11.1. The first-order valence-electron chi connectivity index (χ1n) is 11.1. The number of rotatable bonds is 11. The van der Waals surface area contributed by atoms with Crippen LogP contribution >= 0.6 is 0 Å². The van der Waals surface area contributed by atoms with Gasteiger partial charge in [-0.25, -0.2) is 4.79 Å². The summed E-state index contributed by atoms with van der Waals surface area (Å²) in [5.41, 5.74) is 1.44. The van der Waals surface area contributed by atoms with E-state index in [1.165, 1.54) is 0 Å². The zero-order valence-corrected chi connectivity index (χ0v) is 19.3. The smallest absolute Gasteiger partial charge is 0.332 e. The second-order valence-corrected chi connectivity index (χ2v) is 8.75. The zero-order chi connectivity index (χ0) is 23.6. The largest absolute Gasteiger partial charge is 0.464 e. The zero-order valence-electron chi connectivity index (χ0n) is 19.3. The van der Waals surface area contributed by atoms with Crippen LogP contribution in [-0.2, 0) is 30.4 Å². The number of esters is 1. The Morgan fingerprint density at radius 3 is 2.62 bits per heavy atom. The summed E-state index contributed by atoms with van der Waals surface area (Å²) in [5.74, 6) is 2.01. The van der Waals surface area contributed by atoms with E-state index < -0.39 is 6.04 Å². The Labute approximate surface area is 190 Å². The number of likely N-dealkylation sites (tertiary alicyclic amines) is 1. The van der Waals surface area contributed by atoms with Gasteiger partial charge in [-0.15, -0.1) is 6.42 Å². The molecule has 1 aromatic carbocycles. The second kappa shape index (κ2) is 12.3. The molecule has 1 aromatic rings. The lowest BCUT2D eigenvalue weighted by atomic mass is 9.85. The van der Waals surface area contributed by atoms with E-state index in [0.29, 0.717) is 45.6 Å². The Kier molecular flexibility index (Phi) is 9.73. The normalized spacial score (nSPS) is 15.8. The highest BCUT2D eigenvalue weighted by molar-refractivity contribution is 5.88. The highest BCUT2D eigenvalue weighted by Gasteiger charge is 2.36. The van der Waals surface area contributed by atoms with Crippen molar-refractivity contribution in [2.24, 2.45) is 5.41 Å². The molecule has 1 fully saturated rings. The predicted molar refractivity (Wildman–Crippen MR) is 121 cm³/mol. The van der Waals surface area contributed by atoms with Crippen LogP contribution < -0.4 is 5.32 Å². The van der Waals surface area contributed by atoms with E-state index in [4.69, 9.17) is 15.9 Å². The highest BCUT2D eigenvalue weighted by Crippen LogP contribution is 2.28. The number of nitrogens with one attached hydrogen (secondary N) is 1. The number of benzene rings is 1. The van der Waals surface area contributed by atoms with Crippen molar-refractivity contribution in [1.82, 2.24) is 10.2 Å². The summed E-state index contributed by atoms with van der Waals surface area (Å²) < 4.78 is 10.2. The van der Waals surface area contributed by atoms with E-state index in [-0.39, 0.29) is 29.8 Å². The van der Waals surface area contributed by atoms with Crippen molar-refractivity contribution in [1.29, 1.82) is 0 Å². The van der Waals surface area contributed by atoms with E-state index in [9.17, 15) is 14.4 Å². The van der Waals surface area contributed by atoms with Gasteiger partial charge in [0.15, 0.2) is 0 Å². The molecule has 7 heteroatoms. The van der Waals surface area contributed by atoms with Gasteiger partial charge in [0.1, 0.15) is 12.6 Å². The van der Waals surface area contributed by atoms with Gasteiger partial charge in [0.05, 0.1) is 6.61 Å². The molecule has 0 aliphatic carbocycles. The Bertz CT molecular complexity index is 826. The molecule has 1 heterocycles. The van der Waals surface area contributed by atoms with Crippen molar-refractivity contribution in [3.05, 3.63) is 35.4 Å². The van der Waals surface area contributed by atoms with Gasteiger partial charge < -0.3 is 19.7 Å². The maximum atomic E-state index is 13.0. The summed E-state index contributed by atoms with van der Waals surface area (Å²) in [6.07, 6.45) is 7.77. The van der Waals surface area contributed by atoms with Gasteiger partial charge in [0.2, 0.25) is 11.8 Å². The molecule has 0 spiro atoms. The summed E-state index contributed by atoms with van der Waals surface area (Å²) in [4.78, 5) is 38.7. The topological polar surface area (TPSA) is 84.9 Å². The van der Waals surface area contributed by atoms with Crippen LogP contribution in [0.15, 0.2) is 24.3 Å². The van der Waals surface area contributed by atoms with E-state index in [2.05, 4.69) is 11.2 Å². The first-order chi connectivity index (χ1) is 15.3. The number of nitrogens with zero attached hydrogens (tertiary/aromatic N) is 1. The fourth-order valence-electron chi connectivity index (χ4n) is 3.67. The summed E-state index contributed by atoms with van der Waals surface area (Å²) in [6, 6.07) is 7.01. The maximum absolute atomic E-state index is 13.0. The molecular weight excluding hydrogens is 408 g/mol. The standard InChI is InChI=1S/C25H34N2O5/c1-5-19-9-11-20(12-10-19)17-26-24(30)21-8-7-14-27(21)22(28)16-25(3,4)13-15-31-18-23(29)32-6-2/h1,9-12,21H,6-8,13-18H2,2-4H3,(H,26,30). The number of carbonyl (C=O) groups is 3. The van der Waals surface area contributed by atoms with Crippen LogP contribution in [0.25, 0.3) is 0 Å². The van der Waals surface area contributed by atoms with Gasteiger partial charge in [-0.1, -0.05) is 31.9 Å². The molecular formula is C25H34N2O5. The van der Waals surface area contributed by atoms with Gasteiger partial charge in [-0.05, 0) is 49.3 Å². The lowest BCUT2D eigenvalue weighted by molar-refractivity contribution is -0.149.